The molecule has 0 spiro atoms. The number of ether oxygens (including phenoxy) is 2. The number of methoxy groups -OCH3 is 2. The van der Waals surface area contributed by atoms with Crippen LogP contribution in [0.15, 0.2) is 36.4 Å². The molecule has 0 saturated carbocycles. The highest BCUT2D eigenvalue weighted by atomic mass is 35.5. The van der Waals surface area contributed by atoms with Gasteiger partial charge in [-0.1, -0.05) is 11.6 Å². The summed E-state index contributed by atoms with van der Waals surface area (Å²) in [5.41, 5.74) is 0.617. The first-order valence-corrected chi connectivity index (χ1v) is 6.44. The molecule has 0 heterocycles. The van der Waals surface area contributed by atoms with Gasteiger partial charge in [0.2, 0.25) is 0 Å². The molecule has 0 aliphatic heterocycles. The third-order valence-electron chi connectivity index (χ3n) is 2.81. The maximum Gasteiger partial charge on any atom is 0.259 e. The van der Waals surface area contributed by atoms with E-state index in [2.05, 4.69) is 5.32 Å². The Kier molecular flexibility index (Phi) is 4.55. The number of anilines is 1. The number of halogens is 1. The number of benzene rings is 2. The van der Waals surface area contributed by atoms with Crippen molar-refractivity contribution in [2.45, 2.75) is 0 Å². The molecular weight excluding hydrogens is 294 g/mol. The van der Waals surface area contributed by atoms with Gasteiger partial charge in [0.05, 0.1) is 19.8 Å². The summed E-state index contributed by atoms with van der Waals surface area (Å²) in [6.07, 6.45) is 0. The van der Waals surface area contributed by atoms with Gasteiger partial charge in [0, 0.05) is 28.9 Å². The summed E-state index contributed by atoms with van der Waals surface area (Å²) in [7, 11) is 3.04. The summed E-state index contributed by atoms with van der Waals surface area (Å²) >= 11 is 5.74. The van der Waals surface area contributed by atoms with Crippen LogP contribution < -0.4 is 14.8 Å². The van der Waals surface area contributed by atoms with Crippen LogP contribution in [-0.4, -0.2) is 25.2 Å². The van der Waals surface area contributed by atoms with Gasteiger partial charge in [-0.25, -0.2) is 0 Å². The molecule has 0 bridgehead atoms. The smallest absolute Gasteiger partial charge is 0.259 e. The van der Waals surface area contributed by atoms with Crippen molar-refractivity contribution in [1.82, 2.24) is 0 Å². The Labute approximate surface area is 127 Å². The van der Waals surface area contributed by atoms with Crippen LogP contribution in [0.5, 0.6) is 17.2 Å². The van der Waals surface area contributed by atoms with E-state index in [1.165, 1.54) is 32.4 Å². The van der Waals surface area contributed by atoms with E-state index >= 15 is 0 Å². The van der Waals surface area contributed by atoms with Crippen molar-refractivity contribution in [3.05, 3.63) is 47.0 Å². The summed E-state index contributed by atoms with van der Waals surface area (Å²) < 4.78 is 10.3. The normalized spacial score (nSPS) is 10.0. The number of phenols is 1. The van der Waals surface area contributed by atoms with Crippen LogP contribution in [0.1, 0.15) is 10.4 Å². The molecular formula is C15H14ClNO4. The van der Waals surface area contributed by atoms with Gasteiger partial charge in [-0.3, -0.25) is 4.79 Å². The number of aromatic hydroxyl groups is 1. The molecule has 2 aromatic carbocycles. The van der Waals surface area contributed by atoms with Crippen molar-refractivity contribution in [2.75, 3.05) is 19.5 Å². The Balaban J connectivity index is 2.26. The Morgan fingerprint density at radius 2 is 1.71 bits per heavy atom. The maximum absolute atomic E-state index is 12.1. The number of rotatable bonds is 4. The topological polar surface area (TPSA) is 67.8 Å². The van der Waals surface area contributed by atoms with Gasteiger partial charge in [0.25, 0.3) is 5.91 Å². The lowest BCUT2D eigenvalue weighted by atomic mass is 10.2. The highest BCUT2D eigenvalue weighted by Crippen LogP contribution is 2.27. The van der Waals surface area contributed by atoms with Gasteiger partial charge in [0.1, 0.15) is 17.2 Å². The zero-order valence-electron chi connectivity index (χ0n) is 11.5. The molecule has 2 aromatic rings. The van der Waals surface area contributed by atoms with E-state index in [-0.39, 0.29) is 11.3 Å². The molecule has 0 aromatic heterocycles. The van der Waals surface area contributed by atoms with Crippen LogP contribution in [0.4, 0.5) is 5.69 Å². The van der Waals surface area contributed by atoms with Crippen molar-refractivity contribution in [2.24, 2.45) is 0 Å². The first-order valence-electron chi connectivity index (χ1n) is 6.06. The highest BCUT2D eigenvalue weighted by molar-refractivity contribution is 6.31. The molecule has 5 nitrogen and oxygen atoms in total. The fourth-order valence-corrected chi connectivity index (χ4v) is 1.94. The van der Waals surface area contributed by atoms with E-state index in [0.717, 1.165) is 0 Å². The lowest BCUT2D eigenvalue weighted by Gasteiger charge is -2.10. The molecule has 2 N–H and O–H groups in total. The SMILES string of the molecule is COc1cc(NC(=O)c2ccc(Cl)cc2O)cc(OC)c1. The van der Waals surface area contributed by atoms with Crippen molar-refractivity contribution in [1.29, 1.82) is 0 Å². The Morgan fingerprint density at radius 3 is 2.24 bits per heavy atom. The minimum absolute atomic E-state index is 0.126. The second-order valence-corrected chi connectivity index (χ2v) is 4.65. The van der Waals surface area contributed by atoms with Gasteiger partial charge < -0.3 is 19.9 Å². The van der Waals surface area contributed by atoms with Crippen molar-refractivity contribution in [3.63, 3.8) is 0 Å². The standard InChI is InChI=1S/C15H14ClNO4/c1-20-11-6-10(7-12(8-11)21-2)17-15(19)13-4-3-9(16)5-14(13)18/h3-8,18H,1-2H3,(H,17,19). The quantitative estimate of drug-likeness (QED) is 0.909. The second kappa shape index (κ2) is 6.37. The maximum atomic E-state index is 12.1. The number of nitrogens with one attached hydrogen (secondary N) is 1. The molecule has 0 atom stereocenters. The zero-order chi connectivity index (χ0) is 15.4. The minimum atomic E-state index is -0.459. The van der Waals surface area contributed by atoms with Gasteiger partial charge in [-0.2, -0.15) is 0 Å². The van der Waals surface area contributed by atoms with Gasteiger partial charge in [-0.15, -0.1) is 0 Å². The Hall–Kier alpha value is -2.40. The summed E-state index contributed by atoms with van der Waals surface area (Å²) in [4.78, 5) is 12.1. The van der Waals surface area contributed by atoms with Crippen LogP contribution in [0.25, 0.3) is 0 Å². The molecule has 1 amide bonds. The van der Waals surface area contributed by atoms with Crippen LogP contribution in [0.2, 0.25) is 5.02 Å². The Morgan fingerprint density at radius 1 is 1.10 bits per heavy atom. The molecule has 0 saturated heterocycles. The third kappa shape index (κ3) is 3.58. The molecule has 0 radical (unpaired) electrons. The molecule has 110 valence electrons. The molecule has 0 unspecified atom stereocenters. The zero-order valence-corrected chi connectivity index (χ0v) is 12.3. The molecule has 0 aliphatic rings. The summed E-state index contributed by atoms with van der Waals surface area (Å²) in [5, 5.41) is 12.8. The number of carbonyl (C=O) groups is 1. The summed E-state index contributed by atoms with van der Waals surface area (Å²) in [6, 6.07) is 9.27. The molecule has 2 rings (SSSR count). The molecule has 0 aliphatic carbocycles. The lowest BCUT2D eigenvalue weighted by molar-refractivity contribution is 0.102. The van der Waals surface area contributed by atoms with Crippen molar-refractivity contribution >= 4 is 23.2 Å². The van der Waals surface area contributed by atoms with Gasteiger partial charge in [-0.05, 0) is 18.2 Å². The van der Waals surface area contributed by atoms with Crippen LogP contribution >= 0.6 is 11.6 Å². The minimum Gasteiger partial charge on any atom is -0.507 e. The van der Waals surface area contributed by atoms with Gasteiger partial charge in [0.15, 0.2) is 0 Å². The van der Waals surface area contributed by atoms with Gasteiger partial charge >= 0.3 is 0 Å². The highest BCUT2D eigenvalue weighted by Gasteiger charge is 2.12. The molecule has 21 heavy (non-hydrogen) atoms. The van der Waals surface area contributed by atoms with Crippen molar-refractivity contribution in [3.8, 4) is 17.2 Å². The van der Waals surface area contributed by atoms with Crippen LogP contribution in [-0.2, 0) is 0 Å². The first-order chi connectivity index (χ1) is 10.0. The molecule has 6 heteroatoms. The van der Waals surface area contributed by atoms with E-state index < -0.39 is 5.91 Å². The average molecular weight is 308 g/mol. The van der Waals surface area contributed by atoms with E-state index in [0.29, 0.717) is 22.2 Å². The van der Waals surface area contributed by atoms with Crippen LogP contribution in [0.3, 0.4) is 0 Å². The van der Waals surface area contributed by atoms with Crippen molar-refractivity contribution < 1.29 is 19.4 Å². The number of hydrogen-bond donors (Lipinski definition) is 2. The number of carbonyl (C=O) groups excluding carboxylic acids is 1. The summed E-state index contributed by atoms with van der Waals surface area (Å²) in [6.45, 7) is 0. The Bertz CT molecular complexity index is 650. The first kappa shape index (κ1) is 15.0. The predicted molar refractivity (Wildman–Crippen MR) is 80.6 cm³/mol. The fourth-order valence-electron chi connectivity index (χ4n) is 1.77. The fraction of sp³-hybridized carbons (Fsp3) is 0.133. The lowest BCUT2D eigenvalue weighted by Crippen LogP contribution is -2.12. The van der Waals surface area contributed by atoms with E-state index in [9.17, 15) is 9.90 Å². The predicted octanol–water partition coefficient (Wildman–Crippen LogP) is 3.32. The van der Waals surface area contributed by atoms with E-state index in [1.54, 1.807) is 18.2 Å². The molecule has 0 fully saturated rings. The largest absolute Gasteiger partial charge is 0.507 e. The average Bonchev–Trinajstić information content (AvgIpc) is 2.46. The third-order valence-corrected chi connectivity index (χ3v) is 3.05. The number of hydrogen-bond acceptors (Lipinski definition) is 4. The summed E-state index contributed by atoms with van der Waals surface area (Å²) in [5.74, 6) is 0.448. The monoisotopic (exact) mass is 307 g/mol. The van der Waals surface area contributed by atoms with Crippen LogP contribution in [0, 0.1) is 0 Å². The van der Waals surface area contributed by atoms with E-state index in [1.807, 2.05) is 0 Å². The second-order valence-electron chi connectivity index (χ2n) is 4.22. The van der Waals surface area contributed by atoms with E-state index in [4.69, 9.17) is 21.1 Å². The number of phenolic OH excluding ortho intramolecular Hbond substituents is 1. The number of amides is 1.